The molecule has 2 aromatic rings. The summed E-state index contributed by atoms with van der Waals surface area (Å²) < 4.78 is 18.4. The lowest BCUT2D eigenvalue weighted by atomic mass is 10.1. The van der Waals surface area contributed by atoms with Crippen molar-refractivity contribution in [1.82, 2.24) is 5.32 Å². The van der Waals surface area contributed by atoms with Crippen LogP contribution in [0.25, 0.3) is 0 Å². The zero-order chi connectivity index (χ0) is 16.7. The molecule has 0 amide bonds. The summed E-state index contributed by atoms with van der Waals surface area (Å²) in [6, 6.07) is 13.8. The van der Waals surface area contributed by atoms with Gasteiger partial charge in [-0.05, 0) is 36.2 Å². The van der Waals surface area contributed by atoms with E-state index in [1.165, 1.54) is 12.1 Å². The lowest BCUT2D eigenvalue weighted by Crippen LogP contribution is -2.32. The Labute approximate surface area is 141 Å². The lowest BCUT2D eigenvalue weighted by molar-refractivity contribution is 0.0278. The van der Waals surface area contributed by atoms with Crippen LogP contribution in [-0.4, -0.2) is 24.4 Å². The molecule has 0 fully saturated rings. The Hall–Kier alpha value is -1.46. The van der Waals surface area contributed by atoms with E-state index in [1.54, 1.807) is 12.1 Å². The SMILES string of the molecule is C[C@H](NC[C@@H](O)COCc1ccccc1Cl)c1ccc(F)cc1. The van der Waals surface area contributed by atoms with Gasteiger partial charge in [-0.1, -0.05) is 41.9 Å². The molecule has 0 aromatic heterocycles. The Kier molecular flexibility index (Phi) is 6.99. The molecule has 0 aliphatic rings. The molecule has 2 aromatic carbocycles. The second kappa shape index (κ2) is 8.99. The number of hydrogen-bond donors (Lipinski definition) is 2. The third-order valence-electron chi connectivity index (χ3n) is 3.56. The van der Waals surface area contributed by atoms with Crippen molar-refractivity contribution in [3.63, 3.8) is 0 Å². The first-order chi connectivity index (χ1) is 11.1. The molecule has 0 saturated carbocycles. The van der Waals surface area contributed by atoms with E-state index in [0.717, 1.165) is 11.1 Å². The standard InChI is InChI=1S/C18H21ClFNO2/c1-13(14-6-8-16(20)9-7-14)21-10-17(22)12-23-11-15-4-2-3-5-18(15)19/h2-9,13,17,21-22H,10-12H2,1H3/t13-,17+/m0/s1. The second-order valence-corrected chi connectivity index (χ2v) is 5.85. The van der Waals surface area contributed by atoms with Crippen molar-refractivity contribution in [2.45, 2.75) is 25.7 Å². The molecular formula is C18H21ClFNO2. The van der Waals surface area contributed by atoms with Gasteiger partial charge in [0.2, 0.25) is 0 Å². The first-order valence-electron chi connectivity index (χ1n) is 7.54. The summed E-state index contributed by atoms with van der Waals surface area (Å²) in [5, 5.41) is 13.8. The third kappa shape index (κ3) is 5.92. The minimum absolute atomic E-state index is 0.0221. The van der Waals surface area contributed by atoms with Crippen molar-refractivity contribution in [3.05, 3.63) is 70.5 Å². The van der Waals surface area contributed by atoms with Gasteiger partial charge in [-0.3, -0.25) is 0 Å². The van der Waals surface area contributed by atoms with Crippen LogP contribution in [0.2, 0.25) is 5.02 Å². The predicted octanol–water partition coefficient (Wildman–Crippen LogP) is 3.71. The maximum atomic E-state index is 12.9. The van der Waals surface area contributed by atoms with Crippen LogP contribution in [0.3, 0.4) is 0 Å². The Morgan fingerprint density at radius 2 is 1.87 bits per heavy atom. The molecule has 0 saturated heterocycles. The molecule has 0 spiro atoms. The van der Waals surface area contributed by atoms with E-state index in [4.69, 9.17) is 16.3 Å². The fourth-order valence-electron chi connectivity index (χ4n) is 2.16. The van der Waals surface area contributed by atoms with Crippen molar-refractivity contribution in [1.29, 1.82) is 0 Å². The van der Waals surface area contributed by atoms with Crippen molar-refractivity contribution in [3.8, 4) is 0 Å². The third-order valence-corrected chi connectivity index (χ3v) is 3.92. The van der Waals surface area contributed by atoms with Crippen molar-refractivity contribution < 1.29 is 14.2 Å². The Bertz CT molecular complexity index is 606. The number of ether oxygens (including phenoxy) is 1. The second-order valence-electron chi connectivity index (χ2n) is 5.44. The maximum Gasteiger partial charge on any atom is 0.123 e. The maximum absolute atomic E-state index is 12.9. The van der Waals surface area contributed by atoms with Gasteiger partial charge in [-0.15, -0.1) is 0 Å². The first-order valence-corrected chi connectivity index (χ1v) is 7.92. The molecule has 2 atom stereocenters. The van der Waals surface area contributed by atoms with E-state index in [9.17, 15) is 9.50 Å². The molecule has 23 heavy (non-hydrogen) atoms. The van der Waals surface area contributed by atoms with E-state index in [-0.39, 0.29) is 18.5 Å². The van der Waals surface area contributed by atoms with Crippen LogP contribution in [-0.2, 0) is 11.3 Å². The minimum Gasteiger partial charge on any atom is -0.389 e. The number of aliphatic hydroxyl groups is 1. The summed E-state index contributed by atoms with van der Waals surface area (Å²) in [5.74, 6) is -0.256. The number of halogens is 2. The van der Waals surface area contributed by atoms with Crippen molar-refractivity contribution >= 4 is 11.6 Å². The molecule has 0 unspecified atom stereocenters. The van der Waals surface area contributed by atoms with Gasteiger partial charge in [0.1, 0.15) is 5.82 Å². The van der Waals surface area contributed by atoms with Crippen LogP contribution in [0.5, 0.6) is 0 Å². The highest BCUT2D eigenvalue weighted by atomic mass is 35.5. The number of rotatable bonds is 8. The molecule has 0 heterocycles. The molecule has 0 aliphatic carbocycles. The monoisotopic (exact) mass is 337 g/mol. The highest BCUT2D eigenvalue weighted by molar-refractivity contribution is 6.31. The minimum atomic E-state index is -0.625. The van der Waals surface area contributed by atoms with Gasteiger partial charge in [-0.2, -0.15) is 0 Å². The average molecular weight is 338 g/mol. The van der Waals surface area contributed by atoms with E-state index in [2.05, 4.69) is 5.32 Å². The Balaban J connectivity index is 1.69. The van der Waals surface area contributed by atoms with E-state index in [1.807, 2.05) is 31.2 Å². The smallest absolute Gasteiger partial charge is 0.123 e. The van der Waals surface area contributed by atoms with Gasteiger partial charge in [0.25, 0.3) is 0 Å². The van der Waals surface area contributed by atoms with Crippen molar-refractivity contribution in [2.75, 3.05) is 13.2 Å². The fourth-order valence-corrected chi connectivity index (χ4v) is 2.35. The number of hydrogen-bond acceptors (Lipinski definition) is 3. The molecule has 2 rings (SSSR count). The van der Waals surface area contributed by atoms with Crippen LogP contribution >= 0.6 is 11.6 Å². The topological polar surface area (TPSA) is 41.5 Å². The number of benzene rings is 2. The lowest BCUT2D eigenvalue weighted by Gasteiger charge is -2.18. The number of aliphatic hydroxyl groups excluding tert-OH is 1. The largest absolute Gasteiger partial charge is 0.389 e. The van der Waals surface area contributed by atoms with Crippen LogP contribution < -0.4 is 5.32 Å². The summed E-state index contributed by atoms with van der Waals surface area (Å²) in [6.45, 7) is 2.93. The van der Waals surface area contributed by atoms with Gasteiger partial charge in [0.15, 0.2) is 0 Å². The van der Waals surface area contributed by atoms with Gasteiger partial charge in [-0.25, -0.2) is 4.39 Å². The summed E-state index contributed by atoms with van der Waals surface area (Å²) in [4.78, 5) is 0. The van der Waals surface area contributed by atoms with Gasteiger partial charge < -0.3 is 15.2 Å². The number of nitrogens with one attached hydrogen (secondary N) is 1. The average Bonchev–Trinajstić information content (AvgIpc) is 2.55. The molecule has 2 N–H and O–H groups in total. The van der Waals surface area contributed by atoms with E-state index in [0.29, 0.717) is 18.2 Å². The van der Waals surface area contributed by atoms with Crippen LogP contribution in [0.4, 0.5) is 4.39 Å². The molecule has 124 valence electrons. The Morgan fingerprint density at radius 3 is 2.57 bits per heavy atom. The van der Waals surface area contributed by atoms with Gasteiger partial charge >= 0.3 is 0 Å². The fraction of sp³-hybridized carbons (Fsp3) is 0.333. The zero-order valence-corrected chi connectivity index (χ0v) is 13.8. The summed E-state index contributed by atoms with van der Waals surface area (Å²) in [7, 11) is 0. The van der Waals surface area contributed by atoms with Crippen LogP contribution in [0, 0.1) is 5.82 Å². The molecular weight excluding hydrogens is 317 g/mol. The van der Waals surface area contributed by atoms with E-state index >= 15 is 0 Å². The highest BCUT2D eigenvalue weighted by Gasteiger charge is 2.09. The van der Waals surface area contributed by atoms with Crippen LogP contribution in [0.15, 0.2) is 48.5 Å². The molecule has 0 aliphatic heterocycles. The van der Waals surface area contributed by atoms with Gasteiger partial charge in [0.05, 0.1) is 19.3 Å². The quantitative estimate of drug-likeness (QED) is 0.771. The normalized spacial score (nSPS) is 13.7. The first kappa shape index (κ1) is 17.9. The molecule has 0 radical (unpaired) electrons. The Morgan fingerprint density at radius 1 is 1.17 bits per heavy atom. The summed E-state index contributed by atoms with van der Waals surface area (Å²) >= 11 is 6.04. The summed E-state index contributed by atoms with van der Waals surface area (Å²) in [6.07, 6.45) is -0.625. The highest BCUT2D eigenvalue weighted by Crippen LogP contribution is 2.16. The van der Waals surface area contributed by atoms with Crippen LogP contribution in [0.1, 0.15) is 24.1 Å². The van der Waals surface area contributed by atoms with Crippen molar-refractivity contribution in [2.24, 2.45) is 0 Å². The van der Waals surface area contributed by atoms with Gasteiger partial charge in [0, 0.05) is 17.6 Å². The zero-order valence-electron chi connectivity index (χ0n) is 13.0. The predicted molar refractivity (Wildman–Crippen MR) is 89.9 cm³/mol. The molecule has 3 nitrogen and oxygen atoms in total. The molecule has 5 heteroatoms. The molecule has 0 bridgehead atoms. The van der Waals surface area contributed by atoms with E-state index < -0.39 is 6.10 Å². The summed E-state index contributed by atoms with van der Waals surface area (Å²) in [5.41, 5.74) is 1.87.